The molecule has 1 atom stereocenters. The third-order valence-electron chi connectivity index (χ3n) is 2.68. The molecule has 0 fully saturated rings. The molecule has 86 valence electrons. The molecule has 3 heteroatoms. The van der Waals surface area contributed by atoms with E-state index in [2.05, 4.69) is 34.1 Å². The molecule has 0 aliphatic heterocycles. The van der Waals surface area contributed by atoms with E-state index in [1.165, 1.54) is 16.5 Å². The number of rotatable bonds is 4. The molecule has 1 aromatic carbocycles. The first-order valence-electron chi connectivity index (χ1n) is 5.61. The quantitative estimate of drug-likeness (QED) is 0.820. The summed E-state index contributed by atoms with van der Waals surface area (Å²) in [6, 6.07) is 8.52. The van der Waals surface area contributed by atoms with Gasteiger partial charge in [-0.05, 0) is 43.1 Å². The van der Waals surface area contributed by atoms with Crippen LogP contribution in [0.2, 0.25) is 0 Å². The Hall–Kier alpha value is -1.32. The summed E-state index contributed by atoms with van der Waals surface area (Å²) in [7, 11) is 1.95. The first-order chi connectivity index (χ1) is 7.70. The van der Waals surface area contributed by atoms with Crippen molar-refractivity contribution in [2.75, 3.05) is 7.05 Å². The molecule has 16 heavy (non-hydrogen) atoms. The molecule has 0 bridgehead atoms. The third-order valence-corrected chi connectivity index (χ3v) is 2.68. The van der Waals surface area contributed by atoms with E-state index >= 15 is 0 Å². The molecule has 0 amide bonds. The van der Waals surface area contributed by atoms with Crippen LogP contribution in [0, 0.1) is 0 Å². The number of aliphatic hydroxyl groups is 1. The SMILES string of the molecule is CNCc1ccc2c(ccn2CC(C)O)c1. The Balaban J connectivity index is 2.34. The van der Waals surface area contributed by atoms with Gasteiger partial charge in [0.25, 0.3) is 0 Å². The van der Waals surface area contributed by atoms with Crippen molar-refractivity contribution in [2.45, 2.75) is 26.1 Å². The number of hydrogen-bond donors (Lipinski definition) is 2. The average molecular weight is 218 g/mol. The summed E-state index contributed by atoms with van der Waals surface area (Å²) < 4.78 is 2.09. The lowest BCUT2D eigenvalue weighted by molar-refractivity contribution is 0.175. The van der Waals surface area contributed by atoms with Gasteiger partial charge < -0.3 is 15.0 Å². The zero-order valence-electron chi connectivity index (χ0n) is 9.77. The second-order valence-corrected chi connectivity index (χ2v) is 4.24. The van der Waals surface area contributed by atoms with Gasteiger partial charge in [0.1, 0.15) is 0 Å². The molecular weight excluding hydrogens is 200 g/mol. The molecule has 2 aromatic rings. The molecule has 1 unspecified atom stereocenters. The second kappa shape index (κ2) is 4.68. The average Bonchev–Trinajstić information content (AvgIpc) is 2.61. The standard InChI is InChI=1S/C13H18N2O/c1-10(16)9-15-6-5-12-7-11(8-14-2)3-4-13(12)15/h3-7,10,14,16H,8-9H2,1-2H3. The van der Waals surface area contributed by atoms with Gasteiger partial charge in [0, 0.05) is 24.8 Å². The van der Waals surface area contributed by atoms with Crippen LogP contribution in [-0.2, 0) is 13.1 Å². The molecule has 0 radical (unpaired) electrons. The number of fused-ring (bicyclic) bond motifs is 1. The predicted octanol–water partition coefficient (Wildman–Crippen LogP) is 1.74. The number of aromatic nitrogens is 1. The van der Waals surface area contributed by atoms with E-state index in [-0.39, 0.29) is 6.10 Å². The van der Waals surface area contributed by atoms with Crippen molar-refractivity contribution in [1.29, 1.82) is 0 Å². The Morgan fingerprint density at radius 3 is 2.88 bits per heavy atom. The summed E-state index contributed by atoms with van der Waals surface area (Å²) >= 11 is 0. The van der Waals surface area contributed by atoms with Gasteiger partial charge in [-0.3, -0.25) is 0 Å². The van der Waals surface area contributed by atoms with Crippen LogP contribution < -0.4 is 5.32 Å². The molecule has 0 saturated heterocycles. The highest BCUT2D eigenvalue weighted by Gasteiger charge is 2.04. The smallest absolute Gasteiger partial charge is 0.0691 e. The molecule has 0 aliphatic rings. The minimum atomic E-state index is -0.312. The van der Waals surface area contributed by atoms with Gasteiger partial charge in [0.05, 0.1) is 6.10 Å². The van der Waals surface area contributed by atoms with Gasteiger partial charge in [-0.15, -0.1) is 0 Å². The first kappa shape index (κ1) is 11.2. The molecule has 1 heterocycles. The zero-order valence-corrected chi connectivity index (χ0v) is 9.77. The van der Waals surface area contributed by atoms with E-state index < -0.39 is 0 Å². The fourth-order valence-corrected chi connectivity index (χ4v) is 2.01. The number of nitrogens with zero attached hydrogens (tertiary/aromatic N) is 1. The van der Waals surface area contributed by atoms with E-state index in [1.54, 1.807) is 6.92 Å². The lowest BCUT2D eigenvalue weighted by Crippen LogP contribution is -2.10. The summed E-state index contributed by atoms with van der Waals surface area (Å²) in [4.78, 5) is 0. The minimum absolute atomic E-state index is 0.312. The summed E-state index contributed by atoms with van der Waals surface area (Å²) in [6.07, 6.45) is 1.72. The second-order valence-electron chi connectivity index (χ2n) is 4.24. The van der Waals surface area contributed by atoms with Gasteiger partial charge in [-0.25, -0.2) is 0 Å². The van der Waals surface area contributed by atoms with Crippen molar-refractivity contribution < 1.29 is 5.11 Å². The van der Waals surface area contributed by atoms with E-state index in [9.17, 15) is 5.11 Å². The van der Waals surface area contributed by atoms with Crippen LogP contribution in [0.15, 0.2) is 30.5 Å². The minimum Gasteiger partial charge on any atom is -0.392 e. The highest BCUT2D eigenvalue weighted by molar-refractivity contribution is 5.80. The zero-order chi connectivity index (χ0) is 11.5. The molecular formula is C13H18N2O. The number of aliphatic hydroxyl groups excluding tert-OH is 1. The number of hydrogen-bond acceptors (Lipinski definition) is 2. The van der Waals surface area contributed by atoms with E-state index in [1.807, 2.05) is 13.2 Å². The highest BCUT2D eigenvalue weighted by Crippen LogP contribution is 2.18. The van der Waals surface area contributed by atoms with E-state index in [0.29, 0.717) is 6.54 Å². The Labute approximate surface area is 95.7 Å². The number of benzene rings is 1. The van der Waals surface area contributed by atoms with E-state index in [0.717, 1.165) is 6.54 Å². The third kappa shape index (κ3) is 2.26. The largest absolute Gasteiger partial charge is 0.392 e. The molecule has 2 N–H and O–H groups in total. The Kier molecular flexibility index (Phi) is 3.27. The van der Waals surface area contributed by atoms with E-state index in [4.69, 9.17) is 0 Å². The lowest BCUT2D eigenvalue weighted by Gasteiger charge is -2.08. The topological polar surface area (TPSA) is 37.2 Å². The van der Waals surface area contributed by atoms with Crippen LogP contribution in [0.3, 0.4) is 0 Å². The van der Waals surface area contributed by atoms with Crippen LogP contribution in [0.5, 0.6) is 0 Å². The first-order valence-corrected chi connectivity index (χ1v) is 5.61. The van der Waals surface area contributed by atoms with Gasteiger partial charge >= 0.3 is 0 Å². The van der Waals surface area contributed by atoms with Gasteiger partial charge in [-0.2, -0.15) is 0 Å². The predicted molar refractivity (Wildman–Crippen MR) is 66.4 cm³/mol. The van der Waals surface area contributed by atoms with Crippen molar-refractivity contribution in [3.05, 3.63) is 36.0 Å². The van der Waals surface area contributed by atoms with Crippen molar-refractivity contribution >= 4 is 10.9 Å². The van der Waals surface area contributed by atoms with Crippen LogP contribution in [0.4, 0.5) is 0 Å². The normalized spacial score (nSPS) is 13.2. The molecule has 3 nitrogen and oxygen atoms in total. The van der Waals surface area contributed by atoms with Crippen LogP contribution in [-0.4, -0.2) is 22.8 Å². The fraction of sp³-hybridized carbons (Fsp3) is 0.385. The van der Waals surface area contributed by atoms with Crippen LogP contribution in [0.1, 0.15) is 12.5 Å². The maximum atomic E-state index is 9.39. The van der Waals surface area contributed by atoms with Crippen molar-refractivity contribution in [3.63, 3.8) is 0 Å². The molecule has 0 saturated carbocycles. The summed E-state index contributed by atoms with van der Waals surface area (Å²) in [5.41, 5.74) is 2.46. The Morgan fingerprint density at radius 1 is 1.38 bits per heavy atom. The summed E-state index contributed by atoms with van der Waals surface area (Å²) in [5.74, 6) is 0. The lowest BCUT2D eigenvalue weighted by atomic mass is 10.1. The molecule has 0 aliphatic carbocycles. The number of nitrogens with one attached hydrogen (secondary N) is 1. The Bertz CT molecular complexity index is 474. The highest BCUT2D eigenvalue weighted by atomic mass is 16.3. The van der Waals surface area contributed by atoms with Crippen molar-refractivity contribution in [3.8, 4) is 0 Å². The fourth-order valence-electron chi connectivity index (χ4n) is 2.01. The molecule has 1 aromatic heterocycles. The maximum Gasteiger partial charge on any atom is 0.0691 e. The van der Waals surface area contributed by atoms with Crippen LogP contribution >= 0.6 is 0 Å². The van der Waals surface area contributed by atoms with Crippen LogP contribution in [0.25, 0.3) is 10.9 Å². The van der Waals surface area contributed by atoms with Gasteiger partial charge in [-0.1, -0.05) is 6.07 Å². The monoisotopic (exact) mass is 218 g/mol. The van der Waals surface area contributed by atoms with Crippen molar-refractivity contribution in [1.82, 2.24) is 9.88 Å². The summed E-state index contributed by atoms with van der Waals surface area (Å²) in [5, 5.41) is 13.8. The van der Waals surface area contributed by atoms with Crippen molar-refractivity contribution in [2.24, 2.45) is 0 Å². The maximum absolute atomic E-state index is 9.39. The summed E-state index contributed by atoms with van der Waals surface area (Å²) in [6.45, 7) is 3.34. The Morgan fingerprint density at radius 2 is 2.19 bits per heavy atom. The molecule has 2 rings (SSSR count). The van der Waals surface area contributed by atoms with Gasteiger partial charge in [0.2, 0.25) is 0 Å². The molecule has 0 spiro atoms. The van der Waals surface area contributed by atoms with Gasteiger partial charge in [0.15, 0.2) is 0 Å².